The zero-order valence-corrected chi connectivity index (χ0v) is 15.1. The van der Waals surface area contributed by atoms with Gasteiger partial charge >= 0.3 is 0 Å². The van der Waals surface area contributed by atoms with Gasteiger partial charge in [0.25, 0.3) is 5.89 Å². The second-order valence-corrected chi connectivity index (χ2v) is 6.39. The minimum atomic E-state index is -0.113. The topological polar surface area (TPSA) is 98.2 Å². The Bertz CT molecular complexity index is 1100. The molecule has 1 aromatic carbocycles. The summed E-state index contributed by atoms with van der Waals surface area (Å²) in [5, 5.41) is 15.7. The molecule has 4 aromatic rings. The van der Waals surface area contributed by atoms with Crippen molar-refractivity contribution in [1.82, 2.24) is 30.1 Å². The van der Waals surface area contributed by atoms with Gasteiger partial charge in [0.1, 0.15) is 0 Å². The molecule has 0 fully saturated rings. The number of halogens is 1. The van der Waals surface area contributed by atoms with Crippen molar-refractivity contribution in [3.05, 3.63) is 64.8 Å². The Morgan fingerprint density at radius 2 is 2.04 bits per heavy atom. The lowest BCUT2D eigenvalue weighted by Crippen LogP contribution is -2.25. The number of carbonyl (C=O) groups is 1. The Labute approximate surface area is 159 Å². The Morgan fingerprint density at radius 1 is 1.22 bits per heavy atom. The van der Waals surface area contributed by atoms with E-state index in [2.05, 4.69) is 25.7 Å². The minimum absolute atomic E-state index is 0.113. The highest BCUT2D eigenvalue weighted by atomic mass is 35.5. The summed E-state index contributed by atoms with van der Waals surface area (Å²) in [6, 6.07) is 10.8. The average Bonchev–Trinajstić information content (AvgIpc) is 3.28. The molecule has 1 amide bonds. The maximum atomic E-state index is 12.2. The normalized spacial score (nSPS) is 11.0. The molecule has 0 saturated heterocycles. The van der Waals surface area contributed by atoms with Gasteiger partial charge in [-0.2, -0.15) is 4.98 Å². The molecule has 8 nitrogen and oxygen atoms in total. The highest BCUT2D eigenvalue weighted by Crippen LogP contribution is 2.22. The van der Waals surface area contributed by atoms with Crippen LogP contribution in [0.4, 0.5) is 0 Å². The summed E-state index contributed by atoms with van der Waals surface area (Å²) in [5.41, 5.74) is 2.16. The largest absolute Gasteiger partial charge is 0.348 e. The van der Waals surface area contributed by atoms with Crippen LogP contribution >= 0.6 is 11.6 Å². The van der Waals surface area contributed by atoms with Gasteiger partial charge in [-0.3, -0.25) is 9.20 Å². The van der Waals surface area contributed by atoms with Crippen molar-refractivity contribution in [2.45, 2.75) is 19.9 Å². The molecule has 3 heterocycles. The van der Waals surface area contributed by atoms with Gasteiger partial charge in [-0.1, -0.05) is 28.9 Å². The predicted octanol–water partition coefficient (Wildman–Crippen LogP) is 2.60. The van der Waals surface area contributed by atoms with E-state index < -0.39 is 0 Å². The monoisotopic (exact) mass is 382 g/mol. The van der Waals surface area contributed by atoms with Crippen LogP contribution in [0.15, 0.2) is 47.1 Å². The molecule has 9 heteroatoms. The van der Waals surface area contributed by atoms with Gasteiger partial charge < -0.3 is 9.84 Å². The van der Waals surface area contributed by atoms with E-state index in [-0.39, 0.29) is 18.9 Å². The molecule has 3 aromatic heterocycles. The van der Waals surface area contributed by atoms with Crippen molar-refractivity contribution in [2.24, 2.45) is 0 Å². The summed E-state index contributed by atoms with van der Waals surface area (Å²) in [6.07, 6.45) is 2.09. The predicted molar refractivity (Wildman–Crippen MR) is 98.0 cm³/mol. The summed E-state index contributed by atoms with van der Waals surface area (Å²) >= 11 is 5.86. The van der Waals surface area contributed by atoms with E-state index in [4.69, 9.17) is 16.1 Å². The van der Waals surface area contributed by atoms with Crippen molar-refractivity contribution in [2.75, 3.05) is 0 Å². The van der Waals surface area contributed by atoms with E-state index in [0.29, 0.717) is 33.8 Å². The molecule has 0 unspecified atom stereocenters. The van der Waals surface area contributed by atoms with Crippen LogP contribution in [0.2, 0.25) is 5.02 Å². The molecule has 0 spiro atoms. The van der Waals surface area contributed by atoms with Crippen LogP contribution in [0, 0.1) is 6.92 Å². The minimum Gasteiger partial charge on any atom is -0.348 e. The van der Waals surface area contributed by atoms with Gasteiger partial charge in [0, 0.05) is 11.2 Å². The Hall–Kier alpha value is -3.26. The first kappa shape index (κ1) is 17.2. The fourth-order valence-electron chi connectivity index (χ4n) is 2.69. The van der Waals surface area contributed by atoms with E-state index >= 15 is 0 Å². The number of hydrogen-bond donors (Lipinski definition) is 1. The van der Waals surface area contributed by atoms with Gasteiger partial charge in [0.15, 0.2) is 17.3 Å². The fourth-order valence-corrected chi connectivity index (χ4v) is 2.81. The van der Waals surface area contributed by atoms with E-state index in [1.807, 2.05) is 30.5 Å². The van der Waals surface area contributed by atoms with Crippen molar-refractivity contribution >= 4 is 23.2 Å². The maximum Gasteiger partial charge on any atom is 0.261 e. The second-order valence-electron chi connectivity index (χ2n) is 5.96. The third kappa shape index (κ3) is 3.65. The fraction of sp³-hybridized carbons (Fsp3) is 0.167. The van der Waals surface area contributed by atoms with Gasteiger partial charge in [0.2, 0.25) is 5.91 Å². The van der Waals surface area contributed by atoms with Crippen LogP contribution in [-0.4, -0.2) is 30.6 Å². The van der Waals surface area contributed by atoms with Gasteiger partial charge in [-0.15, -0.1) is 10.2 Å². The van der Waals surface area contributed by atoms with Crippen LogP contribution in [-0.2, 0) is 17.8 Å². The van der Waals surface area contributed by atoms with E-state index in [1.165, 1.54) is 0 Å². The summed E-state index contributed by atoms with van der Waals surface area (Å²) < 4.78 is 7.01. The number of aryl methyl sites for hydroxylation is 1. The molecule has 0 saturated carbocycles. The van der Waals surface area contributed by atoms with Crippen molar-refractivity contribution in [1.29, 1.82) is 0 Å². The number of hydrogen-bond acceptors (Lipinski definition) is 6. The average molecular weight is 383 g/mol. The van der Waals surface area contributed by atoms with Crippen LogP contribution in [0.25, 0.3) is 17.1 Å². The van der Waals surface area contributed by atoms with Crippen LogP contribution in [0.1, 0.15) is 17.2 Å². The van der Waals surface area contributed by atoms with Gasteiger partial charge in [-0.25, -0.2) is 0 Å². The summed E-state index contributed by atoms with van der Waals surface area (Å²) in [6.45, 7) is 2.00. The van der Waals surface area contributed by atoms with E-state index in [0.717, 1.165) is 5.56 Å². The number of pyridine rings is 1. The molecule has 1 N–H and O–H groups in total. The summed E-state index contributed by atoms with van der Waals surface area (Å²) in [5.74, 6) is 1.41. The number of amides is 1. The lowest BCUT2D eigenvalue weighted by molar-refractivity contribution is -0.120. The molecule has 4 rings (SSSR count). The Balaban J connectivity index is 1.49. The molecule has 0 aliphatic carbocycles. The third-order valence-electron chi connectivity index (χ3n) is 3.98. The molecule has 0 aliphatic heterocycles. The smallest absolute Gasteiger partial charge is 0.261 e. The quantitative estimate of drug-likeness (QED) is 0.569. The molecule has 0 bridgehead atoms. The maximum absolute atomic E-state index is 12.2. The number of nitrogens with zero attached hydrogens (tertiary/aromatic N) is 5. The molecule has 27 heavy (non-hydrogen) atoms. The first-order valence-corrected chi connectivity index (χ1v) is 8.62. The van der Waals surface area contributed by atoms with Crippen molar-refractivity contribution < 1.29 is 9.32 Å². The van der Waals surface area contributed by atoms with Crippen molar-refractivity contribution in [3.8, 4) is 11.5 Å². The SMILES string of the molecule is Cc1noc(-c2cccn3c(CNC(=O)Cc4ccc(Cl)cc4)nnc23)n1. The summed E-state index contributed by atoms with van der Waals surface area (Å²) in [4.78, 5) is 16.4. The van der Waals surface area contributed by atoms with E-state index in [1.54, 1.807) is 23.5 Å². The molecule has 0 radical (unpaired) electrons. The molecule has 136 valence electrons. The second kappa shape index (κ2) is 7.16. The number of nitrogens with one attached hydrogen (secondary N) is 1. The van der Waals surface area contributed by atoms with Gasteiger partial charge in [0.05, 0.1) is 18.5 Å². The number of benzene rings is 1. The molecule has 0 aliphatic rings. The molecular formula is C18H15ClN6O2. The molecular weight excluding hydrogens is 368 g/mol. The Morgan fingerprint density at radius 3 is 2.78 bits per heavy atom. The lowest BCUT2D eigenvalue weighted by atomic mass is 10.1. The van der Waals surface area contributed by atoms with Crippen LogP contribution in [0.3, 0.4) is 0 Å². The van der Waals surface area contributed by atoms with Crippen molar-refractivity contribution in [3.63, 3.8) is 0 Å². The number of fused-ring (bicyclic) bond motifs is 1. The highest BCUT2D eigenvalue weighted by molar-refractivity contribution is 6.30. The molecule has 0 atom stereocenters. The zero-order valence-electron chi connectivity index (χ0n) is 14.4. The Kier molecular flexibility index (Phi) is 4.55. The van der Waals surface area contributed by atoms with Crippen LogP contribution < -0.4 is 5.32 Å². The third-order valence-corrected chi connectivity index (χ3v) is 4.24. The number of carbonyl (C=O) groups excluding carboxylic acids is 1. The lowest BCUT2D eigenvalue weighted by Gasteiger charge is -2.05. The zero-order chi connectivity index (χ0) is 18.8. The van der Waals surface area contributed by atoms with Gasteiger partial charge in [-0.05, 0) is 36.8 Å². The standard InChI is InChI=1S/C18H15ClN6O2/c1-11-21-18(27-24-11)14-3-2-8-25-15(22-23-17(14)25)10-20-16(26)9-12-4-6-13(19)7-5-12/h2-8H,9-10H2,1H3,(H,20,26). The van der Waals surface area contributed by atoms with Crippen LogP contribution in [0.5, 0.6) is 0 Å². The van der Waals surface area contributed by atoms with E-state index in [9.17, 15) is 4.79 Å². The number of rotatable bonds is 5. The summed E-state index contributed by atoms with van der Waals surface area (Å²) in [7, 11) is 0. The first-order chi connectivity index (χ1) is 13.1. The number of aromatic nitrogens is 5. The first-order valence-electron chi connectivity index (χ1n) is 8.24. The highest BCUT2D eigenvalue weighted by Gasteiger charge is 2.15.